The number of nitrogen functional groups attached to an aromatic ring is 1. The quantitative estimate of drug-likeness (QED) is 0.0316. The van der Waals surface area contributed by atoms with Crippen LogP contribution in [0.1, 0.15) is 24.2 Å². The molecule has 234 valence electrons. The van der Waals surface area contributed by atoms with E-state index < -0.39 is 64.1 Å². The minimum atomic E-state index is -5.04. The molecule has 0 aromatic carbocycles. The molecule has 21 nitrogen and oxygen atoms in total. The van der Waals surface area contributed by atoms with Crippen molar-refractivity contribution in [1.82, 2.24) is 34.9 Å². The molecule has 2 aromatic heterocycles. The Morgan fingerprint density at radius 2 is 2.07 bits per heavy atom. The summed E-state index contributed by atoms with van der Waals surface area (Å²) in [6.07, 6.45) is 0.768. The maximum absolute atomic E-state index is 13.2. The zero-order valence-electron chi connectivity index (χ0n) is 22.1. The monoisotopic (exact) mass is 644 g/mol. The topological polar surface area (TPSA) is 329 Å². The van der Waals surface area contributed by atoms with Gasteiger partial charge >= 0.3 is 16.3 Å². The molecule has 0 bridgehead atoms. The van der Waals surface area contributed by atoms with Gasteiger partial charge in [-0.15, -0.1) is 11.3 Å². The van der Waals surface area contributed by atoms with Gasteiger partial charge in [0.15, 0.2) is 16.8 Å². The summed E-state index contributed by atoms with van der Waals surface area (Å²) in [7, 11) is -5.04. The minimum Gasteiger partial charge on any atom is -0.478 e. The predicted molar refractivity (Wildman–Crippen MR) is 146 cm³/mol. The fraction of sp³-hybridized carbons (Fsp3) is 0.500. The van der Waals surface area contributed by atoms with Crippen molar-refractivity contribution in [1.29, 1.82) is 0 Å². The number of oxime groups is 1. The van der Waals surface area contributed by atoms with E-state index in [0.717, 1.165) is 16.1 Å². The molecular formula is C20H28N12O9S2. The average molecular weight is 645 g/mol. The lowest BCUT2D eigenvalue weighted by Crippen LogP contribution is -2.73. The maximum atomic E-state index is 13.2. The van der Waals surface area contributed by atoms with Crippen molar-refractivity contribution >= 4 is 56.2 Å². The summed E-state index contributed by atoms with van der Waals surface area (Å²) in [6.45, 7) is -0.363. The molecule has 1 aliphatic heterocycles. The number of aromatic nitrogens is 4. The SMILES string of the molecule is NCC(O)CNC(N)=NCc1cnn(C[C@@H]2[C@H](NC(=O)/C(=N\OC3(C(=O)O)CC3)c3csc(N)n3)C(=O)N2S(=O)(=O)O)n1. The van der Waals surface area contributed by atoms with Crippen LogP contribution in [0.2, 0.25) is 0 Å². The lowest BCUT2D eigenvalue weighted by Gasteiger charge is -2.43. The normalized spacial score (nSPS) is 20.7. The standard InChI is InChI=1S/C20H28N12O9S2/c21-3-10(33)6-25-18(22)24-4-9-5-26-31(29-9)7-12-14(16(35)32(12)43(38,39)40)28-15(34)13(11-8-42-19(23)27-11)30-41-20(1-2-20)17(36)37/h5,8,10,12,14,33H,1-4,6-7,21H2,(H2,23,27)(H,28,34)(H,36,37)(H3,22,24,25)(H,38,39,40)/b30-13-/t10?,12-,14+/m1/s1. The van der Waals surface area contributed by atoms with E-state index >= 15 is 0 Å². The van der Waals surface area contributed by atoms with Crippen LogP contribution in [0.4, 0.5) is 5.13 Å². The van der Waals surface area contributed by atoms with Gasteiger partial charge in [0, 0.05) is 31.3 Å². The molecule has 1 aliphatic carbocycles. The molecule has 0 radical (unpaired) electrons. The molecule has 2 fully saturated rings. The van der Waals surface area contributed by atoms with Crippen LogP contribution in [0.3, 0.4) is 0 Å². The number of nitrogens with one attached hydrogen (secondary N) is 2. The first kappa shape index (κ1) is 31.5. The summed E-state index contributed by atoms with van der Waals surface area (Å²) >= 11 is 0.953. The predicted octanol–water partition coefficient (Wildman–Crippen LogP) is -4.42. The van der Waals surface area contributed by atoms with Gasteiger partial charge in [0.1, 0.15) is 23.5 Å². The number of thiazole rings is 1. The number of hydrogen-bond donors (Lipinski definition) is 8. The molecule has 1 saturated heterocycles. The van der Waals surface area contributed by atoms with Gasteiger partial charge in [-0.3, -0.25) is 14.1 Å². The second kappa shape index (κ2) is 12.4. The van der Waals surface area contributed by atoms with Crippen LogP contribution in [0.15, 0.2) is 21.7 Å². The molecule has 3 atom stereocenters. The Balaban J connectivity index is 1.49. The Hall–Kier alpha value is -4.45. The highest BCUT2D eigenvalue weighted by Gasteiger charge is 2.56. The van der Waals surface area contributed by atoms with Crippen molar-refractivity contribution in [2.75, 3.05) is 18.8 Å². The maximum Gasteiger partial charge on any atom is 0.362 e. The molecule has 23 heteroatoms. The number of aliphatic imine (C=N–C) groups is 1. The number of carbonyl (C=O) groups is 3. The third-order valence-electron chi connectivity index (χ3n) is 6.23. The Morgan fingerprint density at radius 3 is 2.65 bits per heavy atom. The van der Waals surface area contributed by atoms with Crippen molar-refractivity contribution < 1.29 is 42.4 Å². The second-order valence-electron chi connectivity index (χ2n) is 9.39. The van der Waals surface area contributed by atoms with Gasteiger partial charge in [-0.1, -0.05) is 5.16 Å². The molecule has 4 rings (SSSR count). The molecule has 1 saturated carbocycles. The van der Waals surface area contributed by atoms with Gasteiger partial charge in [0.05, 0.1) is 25.4 Å². The van der Waals surface area contributed by atoms with Gasteiger partial charge in [0.25, 0.3) is 11.8 Å². The van der Waals surface area contributed by atoms with E-state index in [9.17, 15) is 37.6 Å². The highest BCUT2D eigenvalue weighted by atomic mass is 32.2. The van der Waals surface area contributed by atoms with Gasteiger partial charge in [-0.2, -0.15) is 23.4 Å². The summed E-state index contributed by atoms with van der Waals surface area (Å²) in [5.74, 6) is -3.52. The molecule has 11 N–H and O–H groups in total. The third kappa shape index (κ3) is 7.31. The number of aliphatic hydroxyl groups is 1. The number of hydrogen-bond acceptors (Lipinski definition) is 15. The summed E-state index contributed by atoms with van der Waals surface area (Å²) in [5.41, 5.74) is 14.8. The summed E-state index contributed by atoms with van der Waals surface area (Å²) in [4.78, 5) is 51.5. The first-order valence-electron chi connectivity index (χ1n) is 12.4. The van der Waals surface area contributed by atoms with Crippen LogP contribution >= 0.6 is 11.3 Å². The first-order valence-corrected chi connectivity index (χ1v) is 14.6. The highest BCUT2D eigenvalue weighted by Crippen LogP contribution is 2.40. The summed E-state index contributed by atoms with van der Waals surface area (Å²) in [5, 5.41) is 37.0. The lowest BCUT2D eigenvalue weighted by molar-refractivity contribution is -0.153. The molecule has 2 amide bonds. The van der Waals surface area contributed by atoms with Crippen LogP contribution in [0.5, 0.6) is 0 Å². The van der Waals surface area contributed by atoms with Gasteiger partial charge < -0.3 is 42.9 Å². The van der Waals surface area contributed by atoms with Crippen LogP contribution in [-0.4, -0.2) is 114 Å². The van der Waals surface area contributed by atoms with E-state index in [1.54, 1.807) is 0 Å². The number of carboxylic acids is 1. The smallest absolute Gasteiger partial charge is 0.362 e. The van der Waals surface area contributed by atoms with E-state index in [1.165, 1.54) is 11.6 Å². The number of nitrogens with zero attached hydrogens (tertiary/aromatic N) is 7. The van der Waals surface area contributed by atoms with E-state index in [-0.39, 0.29) is 59.3 Å². The van der Waals surface area contributed by atoms with Crippen molar-refractivity contribution in [3.05, 3.63) is 23.0 Å². The fourth-order valence-electron chi connectivity index (χ4n) is 3.73. The van der Waals surface area contributed by atoms with Crippen LogP contribution < -0.4 is 27.8 Å². The Morgan fingerprint density at radius 1 is 1.35 bits per heavy atom. The molecule has 3 heterocycles. The number of carboxylic acid groups (broad SMARTS) is 1. The number of carbonyl (C=O) groups excluding carboxylic acids is 2. The average Bonchev–Trinajstić information content (AvgIpc) is 3.41. The van der Waals surface area contributed by atoms with E-state index in [2.05, 4.69) is 36.0 Å². The number of anilines is 1. The molecule has 2 aromatic rings. The van der Waals surface area contributed by atoms with Crippen LogP contribution in [-0.2, 0) is 42.6 Å². The second-order valence-corrected chi connectivity index (χ2v) is 11.6. The van der Waals surface area contributed by atoms with Crippen molar-refractivity contribution in [3.63, 3.8) is 0 Å². The van der Waals surface area contributed by atoms with Crippen molar-refractivity contribution in [2.45, 2.75) is 49.7 Å². The largest absolute Gasteiger partial charge is 0.478 e. The van der Waals surface area contributed by atoms with E-state index in [0.29, 0.717) is 0 Å². The number of β-lactam (4-membered cyclic amide) rings is 1. The highest BCUT2D eigenvalue weighted by molar-refractivity contribution is 7.84. The minimum absolute atomic E-state index is 0.00811. The van der Waals surface area contributed by atoms with Crippen LogP contribution in [0.25, 0.3) is 0 Å². The molecule has 43 heavy (non-hydrogen) atoms. The fourth-order valence-corrected chi connectivity index (χ4v) is 5.15. The van der Waals surface area contributed by atoms with Gasteiger partial charge in [0.2, 0.25) is 5.60 Å². The first-order chi connectivity index (χ1) is 20.2. The Kier molecular flexibility index (Phi) is 9.09. The van der Waals surface area contributed by atoms with Gasteiger partial charge in [-0.05, 0) is 0 Å². The summed E-state index contributed by atoms with van der Waals surface area (Å²) < 4.78 is 33.6. The number of guanidine groups is 1. The number of aliphatic hydroxyl groups excluding tert-OH is 1. The molecular weight excluding hydrogens is 616 g/mol. The van der Waals surface area contributed by atoms with Crippen molar-refractivity contribution in [2.24, 2.45) is 21.6 Å². The summed E-state index contributed by atoms with van der Waals surface area (Å²) in [6, 6.07) is -2.89. The van der Waals surface area contributed by atoms with E-state index in [4.69, 9.17) is 22.0 Å². The lowest BCUT2D eigenvalue weighted by atomic mass is 9.98. The Labute approximate surface area is 246 Å². The third-order valence-corrected chi connectivity index (χ3v) is 7.85. The van der Waals surface area contributed by atoms with Gasteiger partial charge in [-0.25, -0.2) is 19.1 Å². The van der Waals surface area contributed by atoms with Crippen molar-refractivity contribution in [3.8, 4) is 0 Å². The molecule has 0 spiro atoms. The Bertz CT molecular complexity index is 1550. The van der Waals surface area contributed by atoms with E-state index in [1.807, 2.05) is 0 Å². The molecule has 1 unspecified atom stereocenters. The van der Waals surface area contributed by atoms with Crippen LogP contribution in [0, 0.1) is 0 Å². The zero-order chi connectivity index (χ0) is 31.5. The number of nitrogens with two attached hydrogens (primary N) is 3. The zero-order valence-corrected chi connectivity index (χ0v) is 23.7. The number of amides is 2. The number of aliphatic carboxylic acids is 1. The molecule has 2 aliphatic rings. The number of rotatable bonds is 14.